The Morgan fingerprint density at radius 3 is 2.50 bits per heavy atom. The lowest BCUT2D eigenvalue weighted by atomic mass is 10.0. The maximum atomic E-state index is 10.6. The molecular weight excluding hydrogens is 299 g/mol. The van der Waals surface area contributed by atoms with Gasteiger partial charge in [-0.15, -0.1) is 23.2 Å². The molecule has 0 spiro atoms. The molecular formula is C14H20Cl2N2O2. The van der Waals surface area contributed by atoms with Gasteiger partial charge in [-0.1, -0.05) is 12.1 Å². The summed E-state index contributed by atoms with van der Waals surface area (Å²) < 4.78 is 0. The number of nitrogens with zero attached hydrogens (tertiary/aromatic N) is 1. The van der Waals surface area contributed by atoms with Gasteiger partial charge in [0.1, 0.15) is 0 Å². The monoisotopic (exact) mass is 318 g/mol. The Bertz CT molecular complexity index is 423. The van der Waals surface area contributed by atoms with Crippen LogP contribution in [0.5, 0.6) is 0 Å². The van der Waals surface area contributed by atoms with Crippen LogP contribution in [0.15, 0.2) is 24.3 Å². The smallest absolute Gasteiger partial charge is 0.304 e. The van der Waals surface area contributed by atoms with Gasteiger partial charge in [0.05, 0.1) is 6.42 Å². The summed E-state index contributed by atoms with van der Waals surface area (Å²) in [5, 5.41) is 8.73. The Hall–Kier alpha value is -0.970. The first-order valence-electron chi connectivity index (χ1n) is 6.50. The van der Waals surface area contributed by atoms with Crippen molar-refractivity contribution in [3.8, 4) is 0 Å². The van der Waals surface area contributed by atoms with Crippen molar-refractivity contribution in [2.45, 2.75) is 18.9 Å². The molecule has 0 unspecified atom stereocenters. The second-order valence-electron chi connectivity index (χ2n) is 4.60. The van der Waals surface area contributed by atoms with Crippen LogP contribution in [0.3, 0.4) is 0 Å². The molecule has 0 aromatic heterocycles. The van der Waals surface area contributed by atoms with Crippen LogP contribution in [0.25, 0.3) is 0 Å². The lowest BCUT2D eigenvalue weighted by Gasteiger charge is -2.23. The fourth-order valence-corrected chi connectivity index (χ4v) is 2.46. The molecule has 0 radical (unpaired) electrons. The Kier molecular flexibility index (Phi) is 7.73. The average molecular weight is 319 g/mol. The molecule has 0 heterocycles. The number of hydrogen-bond acceptors (Lipinski definition) is 3. The van der Waals surface area contributed by atoms with Gasteiger partial charge in [0, 0.05) is 36.6 Å². The number of aliphatic carboxylic acids is 1. The molecule has 0 fully saturated rings. The Morgan fingerprint density at radius 2 is 1.95 bits per heavy atom. The van der Waals surface area contributed by atoms with E-state index >= 15 is 0 Å². The fourth-order valence-electron chi connectivity index (χ4n) is 2.05. The first kappa shape index (κ1) is 17.1. The molecule has 1 atom stereocenters. The molecule has 0 saturated carbocycles. The summed E-state index contributed by atoms with van der Waals surface area (Å²) in [7, 11) is 0. The number of halogens is 2. The number of carboxylic acids is 1. The van der Waals surface area contributed by atoms with Crippen LogP contribution >= 0.6 is 23.2 Å². The number of carboxylic acid groups (broad SMARTS) is 1. The van der Waals surface area contributed by atoms with Crippen molar-refractivity contribution in [1.29, 1.82) is 0 Å². The van der Waals surface area contributed by atoms with E-state index in [4.69, 9.17) is 34.0 Å². The zero-order chi connectivity index (χ0) is 15.0. The molecule has 3 N–H and O–H groups in total. The number of anilines is 1. The Labute approximate surface area is 129 Å². The highest BCUT2D eigenvalue weighted by atomic mass is 35.5. The summed E-state index contributed by atoms with van der Waals surface area (Å²) in [5.74, 6) is 0.179. The Morgan fingerprint density at radius 1 is 1.30 bits per heavy atom. The molecule has 0 aliphatic rings. The van der Waals surface area contributed by atoms with Crippen molar-refractivity contribution >= 4 is 34.9 Å². The van der Waals surface area contributed by atoms with Crippen molar-refractivity contribution in [2.75, 3.05) is 29.7 Å². The predicted octanol–water partition coefficient (Wildman–Crippen LogP) is 2.32. The molecule has 0 aliphatic heterocycles. The zero-order valence-electron chi connectivity index (χ0n) is 11.3. The van der Waals surface area contributed by atoms with Crippen LogP contribution in [0.2, 0.25) is 0 Å². The second kappa shape index (κ2) is 9.06. The second-order valence-corrected chi connectivity index (χ2v) is 5.35. The standard InChI is InChI=1S/C14H20Cl2N2O2/c15-4-6-18(7-5-16)13-3-1-2-11(9-13)8-12(17)10-14(19)20/h1-3,9,12H,4-8,10,17H2,(H,19,20)/t12-/m1/s1. The molecule has 1 aromatic rings. The third-order valence-electron chi connectivity index (χ3n) is 2.92. The van der Waals surface area contributed by atoms with E-state index in [9.17, 15) is 4.79 Å². The van der Waals surface area contributed by atoms with Crippen LogP contribution in [0.1, 0.15) is 12.0 Å². The van der Waals surface area contributed by atoms with E-state index in [1.54, 1.807) is 0 Å². The van der Waals surface area contributed by atoms with Gasteiger partial charge in [-0.2, -0.15) is 0 Å². The number of nitrogens with two attached hydrogens (primary N) is 1. The van der Waals surface area contributed by atoms with Crippen molar-refractivity contribution < 1.29 is 9.90 Å². The molecule has 0 bridgehead atoms. The van der Waals surface area contributed by atoms with E-state index in [-0.39, 0.29) is 12.5 Å². The molecule has 0 aliphatic carbocycles. The summed E-state index contributed by atoms with van der Waals surface area (Å²) in [6.45, 7) is 1.44. The summed E-state index contributed by atoms with van der Waals surface area (Å²) in [6.07, 6.45) is 0.507. The van der Waals surface area contributed by atoms with Gasteiger partial charge in [0.15, 0.2) is 0 Å². The topological polar surface area (TPSA) is 66.6 Å². The molecule has 1 rings (SSSR count). The highest BCUT2D eigenvalue weighted by Gasteiger charge is 2.11. The third-order valence-corrected chi connectivity index (χ3v) is 3.26. The van der Waals surface area contributed by atoms with E-state index in [1.807, 2.05) is 24.3 Å². The molecule has 6 heteroatoms. The number of rotatable bonds is 9. The SMILES string of the molecule is N[C@@H](CC(=O)O)Cc1cccc(N(CCCl)CCCl)c1. The maximum Gasteiger partial charge on any atom is 0.304 e. The van der Waals surface area contributed by atoms with Crippen LogP contribution in [0.4, 0.5) is 5.69 Å². The van der Waals surface area contributed by atoms with E-state index in [0.717, 1.165) is 24.3 Å². The lowest BCUT2D eigenvalue weighted by molar-refractivity contribution is -0.137. The number of benzene rings is 1. The highest BCUT2D eigenvalue weighted by Crippen LogP contribution is 2.17. The lowest BCUT2D eigenvalue weighted by Crippen LogP contribution is -2.28. The van der Waals surface area contributed by atoms with Gasteiger partial charge in [0.25, 0.3) is 0 Å². The fraction of sp³-hybridized carbons (Fsp3) is 0.500. The van der Waals surface area contributed by atoms with Gasteiger partial charge in [-0.25, -0.2) is 0 Å². The Balaban J connectivity index is 2.75. The van der Waals surface area contributed by atoms with Gasteiger partial charge >= 0.3 is 5.97 Å². The van der Waals surface area contributed by atoms with Crippen molar-refractivity contribution in [1.82, 2.24) is 0 Å². The molecule has 112 valence electrons. The van der Waals surface area contributed by atoms with E-state index < -0.39 is 5.97 Å². The predicted molar refractivity (Wildman–Crippen MR) is 84.0 cm³/mol. The van der Waals surface area contributed by atoms with E-state index in [2.05, 4.69) is 4.90 Å². The number of hydrogen-bond donors (Lipinski definition) is 2. The van der Waals surface area contributed by atoms with Gasteiger partial charge in [0.2, 0.25) is 0 Å². The van der Waals surface area contributed by atoms with Gasteiger partial charge in [-0.05, 0) is 24.1 Å². The number of alkyl halides is 2. The van der Waals surface area contributed by atoms with Crippen molar-refractivity contribution in [2.24, 2.45) is 5.73 Å². The first-order valence-corrected chi connectivity index (χ1v) is 7.57. The maximum absolute atomic E-state index is 10.6. The van der Waals surface area contributed by atoms with Gasteiger partial charge < -0.3 is 15.7 Å². The summed E-state index contributed by atoms with van der Waals surface area (Å²) in [5.41, 5.74) is 7.87. The summed E-state index contributed by atoms with van der Waals surface area (Å²) >= 11 is 11.6. The van der Waals surface area contributed by atoms with Crippen LogP contribution in [0, 0.1) is 0 Å². The van der Waals surface area contributed by atoms with Gasteiger partial charge in [-0.3, -0.25) is 4.79 Å². The average Bonchev–Trinajstić information content (AvgIpc) is 2.37. The van der Waals surface area contributed by atoms with Crippen molar-refractivity contribution in [3.05, 3.63) is 29.8 Å². The van der Waals surface area contributed by atoms with E-state index in [1.165, 1.54) is 0 Å². The molecule has 1 aromatic carbocycles. The first-order chi connectivity index (χ1) is 9.56. The van der Waals surface area contributed by atoms with Crippen LogP contribution in [-0.4, -0.2) is 42.0 Å². The summed E-state index contributed by atoms with van der Waals surface area (Å²) in [4.78, 5) is 12.7. The van der Waals surface area contributed by atoms with Crippen LogP contribution < -0.4 is 10.6 Å². The normalized spacial score (nSPS) is 12.2. The molecule has 4 nitrogen and oxygen atoms in total. The van der Waals surface area contributed by atoms with Crippen molar-refractivity contribution in [3.63, 3.8) is 0 Å². The molecule has 0 saturated heterocycles. The zero-order valence-corrected chi connectivity index (χ0v) is 12.8. The molecule has 20 heavy (non-hydrogen) atoms. The van der Waals surface area contributed by atoms with Crippen LogP contribution in [-0.2, 0) is 11.2 Å². The van der Waals surface area contributed by atoms with E-state index in [0.29, 0.717) is 18.2 Å². The third kappa shape index (κ3) is 5.99. The largest absolute Gasteiger partial charge is 0.481 e. The minimum Gasteiger partial charge on any atom is -0.481 e. The quantitative estimate of drug-likeness (QED) is 0.686. The molecule has 0 amide bonds. The minimum absolute atomic E-state index is 0.0305. The minimum atomic E-state index is -0.875. The summed E-state index contributed by atoms with van der Waals surface area (Å²) in [6, 6.07) is 7.52. The number of carbonyl (C=O) groups is 1. The highest BCUT2D eigenvalue weighted by molar-refractivity contribution is 6.18.